The van der Waals surface area contributed by atoms with E-state index in [2.05, 4.69) is 0 Å². The molecule has 0 unspecified atom stereocenters. The Hall–Kier alpha value is -0.960. The van der Waals surface area contributed by atoms with Crippen LogP contribution in [0.1, 0.15) is 6.42 Å². The fourth-order valence-electron chi connectivity index (χ4n) is 0.778. The van der Waals surface area contributed by atoms with Gasteiger partial charge < -0.3 is 4.90 Å². The molecule has 0 heterocycles. The maximum absolute atomic E-state index is 11.9. The fraction of sp³-hybridized carbons (Fsp3) is 0.714. The van der Waals surface area contributed by atoms with Crippen molar-refractivity contribution < 1.29 is 18.0 Å². The minimum absolute atomic E-state index is 0.140. The zero-order chi connectivity index (χ0) is 11.2. The smallest absolute Gasteiger partial charge is 0.332 e. The van der Waals surface area contributed by atoms with Gasteiger partial charge in [-0.1, -0.05) is 0 Å². The van der Waals surface area contributed by atoms with E-state index in [1.54, 1.807) is 6.07 Å². The Bertz CT molecular complexity index is 236. The van der Waals surface area contributed by atoms with Crippen molar-refractivity contribution in [2.75, 3.05) is 19.0 Å². The summed E-state index contributed by atoms with van der Waals surface area (Å²) in [6.07, 6.45) is -4.60. The average molecular weight is 229 g/mol. The van der Waals surface area contributed by atoms with Gasteiger partial charge in [0.05, 0.1) is 12.5 Å². The Labute approximate surface area is 84.0 Å². The standard InChI is InChI=1S/C7H8ClF3N2O/c8-4-6(14)13(3-1-2-12)5-7(9,10)11/h1,3-5H2. The highest BCUT2D eigenvalue weighted by Gasteiger charge is 2.32. The van der Waals surface area contributed by atoms with Crippen molar-refractivity contribution in [2.24, 2.45) is 0 Å². The number of rotatable bonds is 4. The molecule has 0 aromatic heterocycles. The zero-order valence-corrected chi connectivity index (χ0v) is 7.90. The van der Waals surface area contributed by atoms with Crippen LogP contribution < -0.4 is 0 Å². The number of nitrogens with zero attached hydrogens (tertiary/aromatic N) is 2. The van der Waals surface area contributed by atoms with E-state index in [1.165, 1.54) is 0 Å². The Morgan fingerprint density at radius 3 is 2.43 bits per heavy atom. The summed E-state index contributed by atoms with van der Waals surface area (Å²) < 4.78 is 35.7. The van der Waals surface area contributed by atoms with Gasteiger partial charge in [0.25, 0.3) is 0 Å². The van der Waals surface area contributed by atoms with Crippen LogP contribution in [0.25, 0.3) is 0 Å². The second kappa shape index (κ2) is 5.70. The molecule has 0 rings (SSSR count). The van der Waals surface area contributed by atoms with E-state index in [0.29, 0.717) is 4.90 Å². The summed E-state index contributed by atoms with van der Waals surface area (Å²) in [5.41, 5.74) is 0. The summed E-state index contributed by atoms with van der Waals surface area (Å²) in [7, 11) is 0. The van der Waals surface area contributed by atoms with Crippen LogP contribution >= 0.6 is 11.6 Å². The predicted octanol–water partition coefficient (Wildman–Crippen LogP) is 1.53. The maximum Gasteiger partial charge on any atom is 0.406 e. The zero-order valence-electron chi connectivity index (χ0n) is 7.14. The molecular weight excluding hydrogens is 221 g/mol. The third-order valence-electron chi connectivity index (χ3n) is 1.33. The Kier molecular flexibility index (Phi) is 5.31. The Morgan fingerprint density at radius 1 is 1.50 bits per heavy atom. The lowest BCUT2D eigenvalue weighted by Gasteiger charge is -2.21. The van der Waals surface area contributed by atoms with E-state index in [4.69, 9.17) is 16.9 Å². The van der Waals surface area contributed by atoms with Gasteiger partial charge in [-0.3, -0.25) is 4.79 Å². The van der Waals surface area contributed by atoms with Gasteiger partial charge in [0.15, 0.2) is 0 Å². The molecule has 0 saturated carbocycles. The number of amides is 1. The monoisotopic (exact) mass is 228 g/mol. The summed E-state index contributed by atoms with van der Waals surface area (Å²) in [6, 6.07) is 1.66. The molecule has 0 fully saturated rings. The highest BCUT2D eigenvalue weighted by Crippen LogP contribution is 2.16. The van der Waals surface area contributed by atoms with Crippen LogP contribution in [0.3, 0.4) is 0 Å². The molecule has 0 aromatic rings. The maximum atomic E-state index is 11.9. The van der Waals surface area contributed by atoms with Gasteiger partial charge in [0, 0.05) is 6.54 Å². The van der Waals surface area contributed by atoms with Crippen molar-refractivity contribution in [3.63, 3.8) is 0 Å². The molecule has 3 nitrogen and oxygen atoms in total. The molecule has 0 aliphatic heterocycles. The SMILES string of the molecule is N#CCCN(CC(F)(F)F)C(=O)CCl. The molecule has 0 saturated heterocycles. The highest BCUT2D eigenvalue weighted by molar-refractivity contribution is 6.27. The van der Waals surface area contributed by atoms with E-state index in [0.717, 1.165) is 0 Å². The van der Waals surface area contributed by atoms with Crippen LogP contribution in [-0.4, -0.2) is 36.0 Å². The second-order valence-corrected chi connectivity index (χ2v) is 2.74. The molecule has 0 N–H and O–H groups in total. The van der Waals surface area contributed by atoms with Gasteiger partial charge >= 0.3 is 6.18 Å². The summed E-state index contributed by atoms with van der Waals surface area (Å²) in [5, 5.41) is 8.17. The molecule has 0 atom stereocenters. The molecule has 0 radical (unpaired) electrons. The van der Waals surface area contributed by atoms with Crippen molar-refractivity contribution in [1.29, 1.82) is 5.26 Å². The van der Waals surface area contributed by atoms with Crippen LogP contribution in [0.15, 0.2) is 0 Å². The van der Waals surface area contributed by atoms with Crippen LogP contribution in [-0.2, 0) is 4.79 Å². The lowest BCUT2D eigenvalue weighted by Crippen LogP contribution is -2.40. The molecule has 0 spiro atoms. The first-order chi connectivity index (χ1) is 6.40. The van der Waals surface area contributed by atoms with Gasteiger partial charge in [0.1, 0.15) is 12.4 Å². The number of carbonyl (C=O) groups excluding carboxylic acids is 1. The number of hydrogen-bond acceptors (Lipinski definition) is 2. The van der Waals surface area contributed by atoms with Gasteiger partial charge in [0.2, 0.25) is 5.91 Å². The number of nitriles is 1. The molecule has 14 heavy (non-hydrogen) atoms. The van der Waals surface area contributed by atoms with Crippen LogP contribution in [0.2, 0.25) is 0 Å². The lowest BCUT2D eigenvalue weighted by atomic mass is 10.4. The second-order valence-electron chi connectivity index (χ2n) is 2.47. The molecular formula is C7H8ClF3N2O. The third kappa shape index (κ3) is 5.65. The van der Waals surface area contributed by atoms with E-state index in [-0.39, 0.29) is 13.0 Å². The highest BCUT2D eigenvalue weighted by atomic mass is 35.5. The van der Waals surface area contributed by atoms with Crippen molar-refractivity contribution in [1.82, 2.24) is 4.90 Å². The minimum Gasteiger partial charge on any atom is -0.332 e. The minimum atomic E-state index is -4.46. The Morgan fingerprint density at radius 2 is 2.07 bits per heavy atom. The van der Waals surface area contributed by atoms with Crippen LogP contribution in [0, 0.1) is 11.3 Å². The van der Waals surface area contributed by atoms with Crippen molar-refractivity contribution in [2.45, 2.75) is 12.6 Å². The van der Waals surface area contributed by atoms with Crippen LogP contribution in [0.5, 0.6) is 0 Å². The van der Waals surface area contributed by atoms with E-state index < -0.39 is 24.5 Å². The molecule has 80 valence electrons. The van der Waals surface area contributed by atoms with Crippen molar-refractivity contribution >= 4 is 17.5 Å². The molecule has 0 aliphatic carbocycles. The fourth-order valence-corrected chi connectivity index (χ4v) is 0.947. The number of alkyl halides is 4. The predicted molar refractivity (Wildman–Crippen MR) is 43.6 cm³/mol. The van der Waals surface area contributed by atoms with Crippen molar-refractivity contribution in [3.8, 4) is 6.07 Å². The first-order valence-corrected chi connectivity index (χ1v) is 4.21. The molecule has 0 bridgehead atoms. The molecule has 0 aromatic carbocycles. The largest absolute Gasteiger partial charge is 0.406 e. The normalized spacial score (nSPS) is 10.8. The van der Waals surface area contributed by atoms with E-state index in [9.17, 15) is 18.0 Å². The molecule has 7 heteroatoms. The van der Waals surface area contributed by atoms with Crippen molar-refractivity contribution in [3.05, 3.63) is 0 Å². The first-order valence-electron chi connectivity index (χ1n) is 3.68. The summed E-state index contributed by atoms with van der Waals surface area (Å²) in [6.45, 7) is -1.61. The molecule has 0 aliphatic rings. The average Bonchev–Trinajstić information content (AvgIpc) is 2.09. The molecule has 1 amide bonds. The summed E-state index contributed by atoms with van der Waals surface area (Å²) >= 11 is 5.11. The summed E-state index contributed by atoms with van der Waals surface area (Å²) in [5.74, 6) is -1.33. The van der Waals surface area contributed by atoms with Gasteiger partial charge in [-0.25, -0.2) is 0 Å². The topological polar surface area (TPSA) is 44.1 Å². The van der Waals surface area contributed by atoms with E-state index in [1.807, 2.05) is 0 Å². The quantitative estimate of drug-likeness (QED) is 0.685. The number of halogens is 4. The van der Waals surface area contributed by atoms with Crippen LogP contribution in [0.4, 0.5) is 13.2 Å². The van der Waals surface area contributed by atoms with Gasteiger partial charge in [-0.2, -0.15) is 18.4 Å². The first kappa shape index (κ1) is 13.0. The lowest BCUT2D eigenvalue weighted by molar-refractivity contribution is -0.159. The van der Waals surface area contributed by atoms with Gasteiger partial charge in [-0.15, -0.1) is 11.6 Å². The van der Waals surface area contributed by atoms with Gasteiger partial charge in [-0.05, 0) is 0 Å². The number of carbonyl (C=O) groups is 1. The Balaban J connectivity index is 4.26. The number of hydrogen-bond donors (Lipinski definition) is 0. The van der Waals surface area contributed by atoms with E-state index >= 15 is 0 Å². The summed E-state index contributed by atoms with van der Waals surface area (Å²) in [4.78, 5) is 11.4. The third-order valence-corrected chi connectivity index (χ3v) is 1.56.